The van der Waals surface area contributed by atoms with E-state index in [2.05, 4.69) is 18.2 Å². The second-order valence-electron chi connectivity index (χ2n) is 6.12. The van der Waals surface area contributed by atoms with Gasteiger partial charge in [0.05, 0.1) is 5.54 Å². The topological polar surface area (TPSA) is 43.1 Å². The third kappa shape index (κ3) is 2.77. The Morgan fingerprint density at radius 1 is 1.10 bits per heavy atom. The van der Waals surface area contributed by atoms with E-state index in [9.17, 15) is 4.79 Å². The van der Waals surface area contributed by atoms with Crippen molar-refractivity contribution in [3.8, 4) is 0 Å². The van der Waals surface area contributed by atoms with Crippen LogP contribution >= 0.6 is 0 Å². The Morgan fingerprint density at radius 2 is 1.81 bits per heavy atom. The molecule has 0 fully saturated rings. The van der Waals surface area contributed by atoms with Crippen molar-refractivity contribution in [1.29, 1.82) is 0 Å². The Hall–Kier alpha value is -1.93. The molecule has 2 heteroatoms. The van der Waals surface area contributed by atoms with E-state index >= 15 is 0 Å². The van der Waals surface area contributed by atoms with E-state index in [1.165, 1.54) is 24.0 Å². The summed E-state index contributed by atoms with van der Waals surface area (Å²) in [6.45, 7) is 1.80. The highest BCUT2D eigenvalue weighted by atomic mass is 16.1. The molecule has 3 rings (SSSR count). The van der Waals surface area contributed by atoms with Gasteiger partial charge in [0.2, 0.25) is 0 Å². The number of hydrogen-bond acceptors (Lipinski definition) is 2. The van der Waals surface area contributed by atoms with Gasteiger partial charge in [0.25, 0.3) is 0 Å². The summed E-state index contributed by atoms with van der Waals surface area (Å²) in [7, 11) is 0. The van der Waals surface area contributed by atoms with Crippen LogP contribution in [0.4, 0.5) is 0 Å². The molecule has 0 saturated carbocycles. The number of carbonyl (C=O) groups excluding carboxylic acids is 1. The molecule has 108 valence electrons. The van der Waals surface area contributed by atoms with Crippen molar-refractivity contribution in [1.82, 2.24) is 0 Å². The van der Waals surface area contributed by atoms with E-state index in [0.717, 1.165) is 17.5 Å². The van der Waals surface area contributed by atoms with Crippen molar-refractivity contribution in [3.63, 3.8) is 0 Å². The van der Waals surface area contributed by atoms with Crippen molar-refractivity contribution in [2.45, 2.75) is 38.1 Å². The van der Waals surface area contributed by atoms with Crippen LogP contribution in [0.2, 0.25) is 0 Å². The SMILES string of the molecule is CC(N)(C(=O)Cc1ccc2c(c1)CCC2)c1ccccc1. The van der Waals surface area contributed by atoms with Crippen LogP contribution in [-0.4, -0.2) is 5.78 Å². The largest absolute Gasteiger partial charge is 0.315 e. The van der Waals surface area contributed by atoms with Crippen molar-refractivity contribution in [3.05, 3.63) is 70.8 Å². The highest BCUT2D eigenvalue weighted by molar-refractivity contribution is 5.90. The first-order valence-corrected chi connectivity index (χ1v) is 7.56. The fraction of sp³-hybridized carbons (Fsp3) is 0.316. The summed E-state index contributed by atoms with van der Waals surface area (Å²) < 4.78 is 0. The molecular formula is C19H21NO. The maximum absolute atomic E-state index is 12.6. The number of carbonyl (C=O) groups is 1. The fourth-order valence-electron chi connectivity index (χ4n) is 3.05. The minimum Gasteiger partial charge on any atom is -0.315 e. The summed E-state index contributed by atoms with van der Waals surface area (Å²) >= 11 is 0. The number of aryl methyl sites for hydroxylation is 2. The molecule has 1 unspecified atom stereocenters. The van der Waals surface area contributed by atoms with Gasteiger partial charge in [-0.2, -0.15) is 0 Å². The second-order valence-corrected chi connectivity index (χ2v) is 6.12. The molecule has 2 nitrogen and oxygen atoms in total. The summed E-state index contributed by atoms with van der Waals surface area (Å²) in [5, 5.41) is 0. The summed E-state index contributed by atoms with van der Waals surface area (Å²) in [6, 6.07) is 16.0. The molecule has 0 aliphatic heterocycles. The molecule has 2 aromatic carbocycles. The number of nitrogens with two attached hydrogens (primary N) is 1. The smallest absolute Gasteiger partial charge is 0.161 e. The lowest BCUT2D eigenvalue weighted by atomic mass is 9.85. The zero-order valence-electron chi connectivity index (χ0n) is 12.4. The molecule has 1 aliphatic carbocycles. The molecule has 0 bridgehead atoms. The minimum atomic E-state index is -0.930. The third-order valence-corrected chi connectivity index (χ3v) is 4.48. The number of rotatable bonds is 4. The van der Waals surface area contributed by atoms with Gasteiger partial charge in [-0.1, -0.05) is 48.5 Å². The van der Waals surface area contributed by atoms with Crippen LogP contribution in [0.1, 0.15) is 35.6 Å². The molecular weight excluding hydrogens is 258 g/mol. The molecule has 21 heavy (non-hydrogen) atoms. The zero-order valence-corrected chi connectivity index (χ0v) is 12.4. The lowest BCUT2D eigenvalue weighted by molar-refractivity contribution is -0.123. The van der Waals surface area contributed by atoms with Gasteiger partial charge in [-0.15, -0.1) is 0 Å². The van der Waals surface area contributed by atoms with Gasteiger partial charge in [0.1, 0.15) is 0 Å². The maximum Gasteiger partial charge on any atom is 0.161 e. The number of hydrogen-bond donors (Lipinski definition) is 1. The monoisotopic (exact) mass is 279 g/mol. The highest BCUT2D eigenvalue weighted by Gasteiger charge is 2.30. The molecule has 2 aromatic rings. The van der Waals surface area contributed by atoms with Gasteiger partial charge in [-0.3, -0.25) is 4.79 Å². The average molecular weight is 279 g/mol. The molecule has 0 aromatic heterocycles. The first-order valence-electron chi connectivity index (χ1n) is 7.56. The lowest BCUT2D eigenvalue weighted by Crippen LogP contribution is -2.42. The number of fused-ring (bicyclic) bond motifs is 1. The van der Waals surface area contributed by atoms with Gasteiger partial charge in [-0.25, -0.2) is 0 Å². The van der Waals surface area contributed by atoms with Crippen LogP contribution in [0.25, 0.3) is 0 Å². The predicted octanol–water partition coefficient (Wildman–Crippen LogP) is 3.16. The lowest BCUT2D eigenvalue weighted by Gasteiger charge is -2.23. The Kier molecular flexibility index (Phi) is 3.64. The number of Topliss-reactive ketones (excluding diaryl/α,β-unsaturated/α-hetero) is 1. The predicted molar refractivity (Wildman–Crippen MR) is 85.2 cm³/mol. The van der Waals surface area contributed by atoms with Gasteiger partial charge < -0.3 is 5.73 Å². The van der Waals surface area contributed by atoms with E-state index in [1.54, 1.807) is 6.92 Å². The van der Waals surface area contributed by atoms with Crippen LogP contribution in [0.5, 0.6) is 0 Å². The highest BCUT2D eigenvalue weighted by Crippen LogP contribution is 2.25. The molecule has 0 saturated heterocycles. The summed E-state index contributed by atoms with van der Waals surface area (Å²) in [5.74, 6) is 0.0617. The fourth-order valence-corrected chi connectivity index (χ4v) is 3.05. The van der Waals surface area contributed by atoms with Crippen molar-refractivity contribution in [2.75, 3.05) is 0 Å². The first kappa shape index (κ1) is 14.0. The average Bonchev–Trinajstić information content (AvgIpc) is 2.95. The molecule has 0 amide bonds. The Bertz CT molecular complexity index is 659. The number of benzene rings is 2. The Morgan fingerprint density at radius 3 is 2.57 bits per heavy atom. The molecule has 0 radical (unpaired) electrons. The zero-order chi connectivity index (χ0) is 14.9. The van der Waals surface area contributed by atoms with Crippen LogP contribution < -0.4 is 5.73 Å². The normalized spacial score (nSPS) is 16.3. The Balaban J connectivity index is 1.80. The van der Waals surface area contributed by atoms with Crippen molar-refractivity contribution >= 4 is 5.78 Å². The summed E-state index contributed by atoms with van der Waals surface area (Å²) in [5.41, 5.74) is 10.1. The van der Waals surface area contributed by atoms with Crippen LogP contribution in [0.3, 0.4) is 0 Å². The van der Waals surface area contributed by atoms with Crippen LogP contribution in [0, 0.1) is 0 Å². The summed E-state index contributed by atoms with van der Waals surface area (Å²) in [6.07, 6.45) is 3.93. The van der Waals surface area contributed by atoms with E-state index in [0.29, 0.717) is 6.42 Å². The van der Waals surface area contributed by atoms with Gasteiger partial charge in [-0.05, 0) is 48.4 Å². The van der Waals surface area contributed by atoms with E-state index in [4.69, 9.17) is 5.73 Å². The van der Waals surface area contributed by atoms with Crippen molar-refractivity contribution < 1.29 is 4.79 Å². The van der Waals surface area contributed by atoms with Gasteiger partial charge in [0.15, 0.2) is 5.78 Å². The summed E-state index contributed by atoms with van der Waals surface area (Å²) in [4.78, 5) is 12.6. The van der Waals surface area contributed by atoms with Gasteiger partial charge in [0, 0.05) is 6.42 Å². The third-order valence-electron chi connectivity index (χ3n) is 4.48. The maximum atomic E-state index is 12.6. The standard InChI is InChI=1S/C19H21NO/c1-19(20,17-8-3-2-4-9-17)18(21)13-14-10-11-15-6-5-7-16(15)12-14/h2-4,8-12H,5-7,13,20H2,1H3. The van der Waals surface area contributed by atoms with E-state index < -0.39 is 5.54 Å². The van der Waals surface area contributed by atoms with E-state index in [1.807, 2.05) is 30.3 Å². The van der Waals surface area contributed by atoms with Gasteiger partial charge >= 0.3 is 0 Å². The molecule has 0 heterocycles. The second kappa shape index (κ2) is 5.45. The molecule has 1 atom stereocenters. The molecule has 0 spiro atoms. The molecule has 2 N–H and O–H groups in total. The Labute approximate surface area is 126 Å². The minimum absolute atomic E-state index is 0.0617. The first-order chi connectivity index (χ1) is 10.1. The quantitative estimate of drug-likeness (QED) is 0.934. The van der Waals surface area contributed by atoms with Crippen LogP contribution in [-0.2, 0) is 29.6 Å². The van der Waals surface area contributed by atoms with Crippen molar-refractivity contribution in [2.24, 2.45) is 5.73 Å². The van der Waals surface area contributed by atoms with Crippen LogP contribution in [0.15, 0.2) is 48.5 Å². The molecule has 1 aliphatic rings. The van der Waals surface area contributed by atoms with E-state index in [-0.39, 0.29) is 5.78 Å². The number of ketones is 1.